The average Bonchev–Trinajstić information content (AvgIpc) is 2.54. The number of hydrogen-bond donors (Lipinski definition) is 0. The number of hydrogen-bond acceptors (Lipinski definition) is 5. The van der Waals surface area contributed by atoms with Gasteiger partial charge in [-0.25, -0.2) is 14.4 Å². The number of fused-ring (bicyclic) bond motifs is 1. The first-order valence-electron chi connectivity index (χ1n) is 7.45. The maximum atomic E-state index is 13.8. The van der Waals surface area contributed by atoms with Crippen molar-refractivity contribution in [2.24, 2.45) is 5.92 Å². The predicted octanol–water partition coefficient (Wildman–Crippen LogP) is 3.36. The number of benzene rings is 1. The monoisotopic (exact) mass is 321 g/mol. The van der Waals surface area contributed by atoms with Gasteiger partial charge in [0.15, 0.2) is 0 Å². The minimum Gasteiger partial charge on any atom is -0.494 e. The second kappa shape index (κ2) is 6.69. The third kappa shape index (κ3) is 2.97. The van der Waals surface area contributed by atoms with E-state index in [1.54, 1.807) is 0 Å². The SMILES string of the molecule is COc1cc(F)cc2c(N3CCC(CSC)CC3)ncnc12. The van der Waals surface area contributed by atoms with Crippen molar-refractivity contribution in [3.63, 3.8) is 0 Å². The Morgan fingerprint density at radius 3 is 2.77 bits per heavy atom. The molecule has 1 aromatic carbocycles. The van der Waals surface area contributed by atoms with E-state index >= 15 is 0 Å². The third-order valence-electron chi connectivity index (χ3n) is 4.18. The fourth-order valence-electron chi connectivity index (χ4n) is 3.04. The Morgan fingerprint density at radius 2 is 2.09 bits per heavy atom. The molecule has 2 heterocycles. The number of methoxy groups -OCH3 is 1. The normalized spacial score (nSPS) is 16.2. The summed E-state index contributed by atoms with van der Waals surface area (Å²) in [5.74, 6) is 2.92. The standard InChI is InChI=1S/C16H20FN3OS/c1-21-14-8-12(17)7-13-15(14)18-10-19-16(13)20-5-3-11(4-6-20)9-22-2/h7-8,10-11H,3-6,9H2,1-2H3. The van der Waals surface area contributed by atoms with Crippen LogP contribution in [-0.4, -0.2) is 42.2 Å². The van der Waals surface area contributed by atoms with Crippen molar-refractivity contribution in [1.82, 2.24) is 9.97 Å². The van der Waals surface area contributed by atoms with Crippen LogP contribution in [0.3, 0.4) is 0 Å². The first kappa shape index (κ1) is 15.3. The fourth-order valence-corrected chi connectivity index (χ4v) is 3.85. The van der Waals surface area contributed by atoms with E-state index in [1.165, 1.54) is 31.3 Å². The van der Waals surface area contributed by atoms with Gasteiger partial charge in [0.1, 0.15) is 29.2 Å². The van der Waals surface area contributed by atoms with Crippen LogP contribution in [0, 0.1) is 11.7 Å². The Bertz CT molecular complexity index is 659. The summed E-state index contributed by atoms with van der Waals surface area (Å²) in [7, 11) is 1.53. The summed E-state index contributed by atoms with van der Waals surface area (Å²) >= 11 is 1.90. The quantitative estimate of drug-likeness (QED) is 0.863. The number of halogens is 1. The summed E-state index contributed by atoms with van der Waals surface area (Å²) in [6.45, 7) is 1.91. The van der Waals surface area contributed by atoms with Crippen LogP contribution in [-0.2, 0) is 0 Å². The van der Waals surface area contributed by atoms with Crippen molar-refractivity contribution in [2.45, 2.75) is 12.8 Å². The molecule has 0 aliphatic carbocycles. The lowest BCUT2D eigenvalue weighted by Crippen LogP contribution is -2.35. The lowest BCUT2D eigenvalue weighted by molar-refractivity contribution is 0.415. The molecule has 1 saturated heterocycles. The molecule has 1 aliphatic rings. The second-order valence-corrected chi connectivity index (χ2v) is 6.50. The van der Waals surface area contributed by atoms with Gasteiger partial charge < -0.3 is 9.64 Å². The lowest BCUT2D eigenvalue weighted by atomic mass is 9.98. The van der Waals surface area contributed by atoms with Crippen molar-refractivity contribution in [1.29, 1.82) is 0 Å². The maximum absolute atomic E-state index is 13.8. The highest BCUT2D eigenvalue weighted by Gasteiger charge is 2.22. The predicted molar refractivity (Wildman–Crippen MR) is 89.4 cm³/mol. The minimum atomic E-state index is -0.322. The van der Waals surface area contributed by atoms with Gasteiger partial charge in [0.25, 0.3) is 0 Å². The summed E-state index contributed by atoms with van der Waals surface area (Å²) in [5.41, 5.74) is 0.667. The number of ether oxygens (including phenoxy) is 1. The molecular weight excluding hydrogens is 301 g/mol. The number of rotatable bonds is 4. The highest BCUT2D eigenvalue weighted by Crippen LogP contribution is 2.32. The maximum Gasteiger partial charge on any atom is 0.148 e. The first-order valence-corrected chi connectivity index (χ1v) is 8.84. The molecule has 1 aliphatic heterocycles. The molecule has 4 nitrogen and oxygen atoms in total. The Kier molecular flexibility index (Phi) is 4.66. The van der Waals surface area contributed by atoms with Crippen LogP contribution in [0.1, 0.15) is 12.8 Å². The smallest absolute Gasteiger partial charge is 0.148 e. The molecule has 0 bridgehead atoms. The summed E-state index contributed by atoms with van der Waals surface area (Å²) in [6.07, 6.45) is 5.99. The zero-order valence-electron chi connectivity index (χ0n) is 12.9. The number of thioether (sulfide) groups is 1. The second-order valence-electron chi connectivity index (χ2n) is 5.59. The van der Waals surface area contributed by atoms with Gasteiger partial charge in [-0.2, -0.15) is 11.8 Å². The van der Waals surface area contributed by atoms with E-state index in [0.29, 0.717) is 11.3 Å². The van der Waals surface area contributed by atoms with E-state index in [1.807, 2.05) is 11.8 Å². The van der Waals surface area contributed by atoms with E-state index in [2.05, 4.69) is 21.1 Å². The van der Waals surface area contributed by atoms with Gasteiger partial charge in [0, 0.05) is 24.5 Å². The topological polar surface area (TPSA) is 38.2 Å². The molecule has 6 heteroatoms. The van der Waals surface area contributed by atoms with Crippen LogP contribution in [0.5, 0.6) is 5.75 Å². The van der Waals surface area contributed by atoms with E-state index in [-0.39, 0.29) is 5.82 Å². The van der Waals surface area contributed by atoms with Crippen LogP contribution in [0.2, 0.25) is 0 Å². The number of aromatic nitrogens is 2. The van der Waals surface area contributed by atoms with Crippen molar-refractivity contribution in [2.75, 3.05) is 37.1 Å². The summed E-state index contributed by atoms with van der Waals surface area (Å²) < 4.78 is 19.1. The zero-order chi connectivity index (χ0) is 15.5. The number of anilines is 1. The molecular formula is C16H20FN3OS. The molecule has 0 N–H and O–H groups in total. The van der Waals surface area contributed by atoms with Gasteiger partial charge in [0.2, 0.25) is 0 Å². The summed E-state index contributed by atoms with van der Waals surface area (Å²) in [5, 5.41) is 0.725. The van der Waals surface area contributed by atoms with Crippen LogP contribution in [0.25, 0.3) is 10.9 Å². The van der Waals surface area contributed by atoms with Crippen LogP contribution in [0.15, 0.2) is 18.5 Å². The van der Waals surface area contributed by atoms with Gasteiger partial charge in [-0.1, -0.05) is 0 Å². The molecule has 3 rings (SSSR count). The molecule has 0 saturated carbocycles. The lowest BCUT2D eigenvalue weighted by Gasteiger charge is -2.33. The Labute approximate surface area is 134 Å². The minimum absolute atomic E-state index is 0.322. The Morgan fingerprint density at radius 1 is 1.32 bits per heavy atom. The van der Waals surface area contributed by atoms with Crippen molar-refractivity contribution in [3.05, 3.63) is 24.3 Å². The van der Waals surface area contributed by atoms with Gasteiger partial charge in [-0.05, 0) is 36.8 Å². The molecule has 0 spiro atoms. The molecule has 0 radical (unpaired) electrons. The fraction of sp³-hybridized carbons (Fsp3) is 0.500. The molecule has 0 amide bonds. The van der Waals surface area contributed by atoms with Crippen molar-refractivity contribution >= 4 is 28.5 Å². The highest BCUT2D eigenvalue weighted by atomic mass is 32.2. The van der Waals surface area contributed by atoms with Crippen molar-refractivity contribution in [3.8, 4) is 5.75 Å². The molecule has 118 valence electrons. The van der Waals surface area contributed by atoms with Crippen LogP contribution < -0.4 is 9.64 Å². The third-order valence-corrected chi connectivity index (χ3v) is 4.99. The van der Waals surface area contributed by atoms with Gasteiger partial charge >= 0.3 is 0 Å². The number of nitrogens with zero attached hydrogens (tertiary/aromatic N) is 3. The van der Waals surface area contributed by atoms with Gasteiger partial charge in [-0.15, -0.1) is 0 Å². The Balaban J connectivity index is 1.93. The van der Waals surface area contributed by atoms with E-state index in [0.717, 1.165) is 43.1 Å². The van der Waals surface area contributed by atoms with E-state index < -0.39 is 0 Å². The molecule has 0 atom stereocenters. The molecule has 0 unspecified atom stereocenters. The van der Waals surface area contributed by atoms with Crippen LogP contribution >= 0.6 is 11.8 Å². The molecule has 2 aromatic rings. The van der Waals surface area contributed by atoms with Gasteiger partial charge in [-0.3, -0.25) is 0 Å². The van der Waals surface area contributed by atoms with E-state index in [4.69, 9.17) is 4.74 Å². The summed E-state index contributed by atoms with van der Waals surface area (Å²) in [6, 6.07) is 2.87. The van der Waals surface area contributed by atoms with E-state index in [9.17, 15) is 4.39 Å². The largest absolute Gasteiger partial charge is 0.494 e. The average molecular weight is 321 g/mol. The highest BCUT2D eigenvalue weighted by molar-refractivity contribution is 7.98. The zero-order valence-corrected chi connectivity index (χ0v) is 13.7. The molecule has 22 heavy (non-hydrogen) atoms. The molecule has 1 aromatic heterocycles. The first-order chi connectivity index (χ1) is 10.7. The van der Waals surface area contributed by atoms with Crippen molar-refractivity contribution < 1.29 is 9.13 Å². The Hall–Kier alpha value is -1.56. The number of piperidine rings is 1. The molecule has 1 fully saturated rings. The summed E-state index contributed by atoms with van der Waals surface area (Å²) in [4.78, 5) is 10.9. The van der Waals surface area contributed by atoms with Gasteiger partial charge in [0.05, 0.1) is 7.11 Å². The van der Waals surface area contributed by atoms with Crippen LogP contribution in [0.4, 0.5) is 10.2 Å².